The Labute approximate surface area is 141 Å². The maximum Gasteiger partial charge on any atom is 0.233 e. The van der Waals surface area contributed by atoms with Crippen LogP contribution in [0, 0.1) is 5.82 Å². The number of hydrogen-bond donors (Lipinski definition) is 2. The number of nitrogens with zero attached hydrogens (tertiary/aromatic N) is 2. The van der Waals surface area contributed by atoms with Crippen LogP contribution < -0.4 is 10.6 Å². The van der Waals surface area contributed by atoms with Crippen LogP contribution in [0.2, 0.25) is 0 Å². The topological polar surface area (TPSA) is 76.1 Å². The van der Waals surface area contributed by atoms with Gasteiger partial charge >= 0.3 is 0 Å². The molecule has 0 bridgehead atoms. The molecule has 6 nitrogen and oxygen atoms in total. The van der Waals surface area contributed by atoms with Crippen LogP contribution in [-0.4, -0.2) is 41.6 Å². The van der Waals surface area contributed by atoms with E-state index in [1.54, 1.807) is 26.2 Å². The van der Waals surface area contributed by atoms with Gasteiger partial charge in [-0.25, -0.2) is 4.39 Å². The molecule has 0 saturated heterocycles. The van der Waals surface area contributed by atoms with Crippen molar-refractivity contribution >= 4 is 39.8 Å². The lowest BCUT2D eigenvalue weighted by molar-refractivity contribution is -0.120. The fourth-order valence-corrected chi connectivity index (χ4v) is 3.56. The fraction of sp³-hybridized carbons (Fsp3) is 0.357. The van der Waals surface area contributed by atoms with Gasteiger partial charge in [-0.1, -0.05) is 29.2 Å². The van der Waals surface area contributed by atoms with Crippen molar-refractivity contribution in [2.45, 2.75) is 16.5 Å². The number of carbonyl (C=O) groups excluding carboxylic acids is 1. The molecule has 2 N–H and O–H groups in total. The first-order chi connectivity index (χ1) is 11.1. The number of hydrogen-bond acceptors (Lipinski definition) is 7. The lowest BCUT2D eigenvalue weighted by Gasteiger charge is -2.09. The monoisotopic (exact) mass is 356 g/mol. The van der Waals surface area contributed by atoms with Crippen molar-refractivity contribution < 1.29 is 13.9 Å². The Kier molecular flexibility index (Phi) is 6.75. The summed E-state index contributed by atoms with van der Waals surface area (Å²) in [6.45, 7) is 2.75. The molecule has 2 rings (SSSR count). The summed E-state index contributed by atoms with van der Waals surface area (Å²) in [4.78, 5) is 11.9. The summed E-state index contributed by atoms with van der Waals surface area (Å²) in [5.74, 6) is -0.405. The van der Waals surface area contributed by atoms with Gasteiger partial charge in [0.2, 0.25) is 11.0 Å². The molecule has 1 atom stereocenters. The summed E-state index contributed by atoms with van der Waals surface area (Å²) in [6.07, 6.45) is 0. The van der Waals surface area contributed by atoms with E-state index >= 15 is 0 Å². The smallest absolute Gasteiger partial charge is 0.233 e. The van der Waals surface area contributed by atoms with Gasteiger partial charge in [0.1, 0.15) is 5.82 Å². The molecule has 124 valence electrons. The standard InChI is InChI=1S/C14H17FN4O2S2/c1-9(12(20)16-6-7-21-2)22-14-19-18-13(23-14)17-11-5-3-4-10(15)8-11/h3-5,8-9H,6-7H2,1-2H3,(H,16,20)(H,17,18)/t9-/m1/s1. The van der Waals surface area contributed by atoms with E-state index in [0.717, 1.165) is 0 Å². The molecule has 1 aromatic carbocycles. The molecule has 0 unspecified atom stereocenters. The van der Waals surface area contributed by atoms with E-state index < -0.39 is 0 Å². The summed E-state index contributed by atoms with van der Waals surface area (Å²) < 4.78 is 18.7. The van der Waals surface area contributed by atoms with Crippen molar-refractivity contribution in [1.82, 2.24) is 15.5 Å². The first-order valence-corrected chi connectivity index (χ1v) is 8.57. The summed E-state index contributed by atoms with van der Waals surface area (Å²) in [5.41, 5.74) is 0.600. The highest BCUT2D eigenvalue weighted by Gasteiger charge is 2.16. The third-order valence-corrected chi connectivity index (χ3v) is 4.76. The first-order valence-electron chi connectivity index (χ1n) is 6.88. The molecule has 23 heavy (non-hydrogen) atoms. The van der Waals surface area contributed by atoms with Crippen molar-refractivity contribution in [2.75, 3.05) is 25.6 Å². The Morgan fingerprint density at radius 2 is 2.30 bits per heavy atom. The Morgan fingerprint density at radius 1 is 1.48 bits per heavy atom. The Balaban J connectivity index is 1.88. The third-order valence-electron chi connectivity index (χ3n) is 2.73. The Hall–Kier alpha value is -1.71. The molecule has 1 amide bonds. The van der Waals surface area contributed by atoms with E-state index in [-0.39, 0.29) is 17.0 Å². The largest absolute Gasteiger partial charge is 0.383 e. The number of nitrogens with one attached hydrogen (secondary N) is 2. The zero-order valence-electron chi connectivity index (χ0n) is 12.7. The second kappa shape index (κ2) is 8.80. The van der Waals surface area contributed by atoms with Gasteiger partial charge in [-0.2, -0.15) is 0 Å². The highest BCUT2D eigenvalue weighted by molar-refractivity contribution is 8.02. The molecule has 0 spiro atoms. The number of rotatable bonds is 8. The van der Waals surface area contributed by atoms with Gasteiger partial charge in [-0.05, 0) is 25.1 Å². The van der Waals surface area contributed by atoms with Crippen molar-refractivity contribution in [2.24, 2.45) is 0 Å². The normalized spacial score (nSPS) is 12.0. The van der Waals surface area contributed by atoms with E-state index in [2.05, 4.69) is 20.8 Å². The summed E-state index contributed by atoms with van der Waals surface area (Å²) in [6, 6.07) is 6.10. The molecule has 0 radical (unpaired) electrons. The SMILES string of the molecule is COCCNC(=O)[C@@H](C)Sc1nnc(Nc2cccc(F)c2)s1. The van der Waals surface area contributed by atoms with Crippen LogP contribution in [0.15, 0.2) is 28.6 Å². The van der Waals surface area contributed by atoms with E-state index in [0.29, 0.717) is 28.3 Å². The summed E-state index contributed by atoms with van der Waals surface area (Å²) in [7, 11) is 1.58. The number of aromatic nitrogens is 2. The van der Waals surface area contributed by atoms with Crippen LogP contribution in [0.4, 0.5) is 15.2 Å². The number of methoxy groups -OCH3 is 1. The predicted octanol–water partition coefficient (Wildman–Crippen LogP) is 2.66. The van der Waals surface area contributed by atoms with Crippen LogP contribution in [0.1, 0.15) is 6.92 Å². The molecule has 0 saturated carbocycles. The highest BCUT2D eigenvalue weighted by Crippen LogP contribution is 2.30. The Bertz CT molecular complexity index is 653. The number of halogens is 1. The van der Waals surface area contributed by atoms with Crippen LogP contribution in [0.25, 0.3) is 0 Å². The Morgan fingerprint density at radius 3 is 3.04 bits per heavy atom. The average molecular weight is 356 g/mol. The van der Waals surface area contributed by atoms with E-state index in [4.69, 9.17) is 4.74 Å². The van der Waals surface area contributed by atoms with Crippen molar-refractivity contribution in [3.63, 3.8) is 0 Å². The van der Waals surface area contributed by atoms with Crippen molar-refractivity contribution in [3.05, 3.63) is 30.1 Å². The third kappa shape index (κ3) is 5.77. The van der Waals surface area contributed by atoms with Gasteiger partial charge in [0.05, 0.1) is 11.9 Å². The van der Waals surface area contributed by atoms with E-state index in [1.807, 2.05) is 0 Å². The minimum atomic E-state index is -0.324. The summed E-state index contributed by atoms with van der Waals surface area (Å²) in [5, 5.41) is 14.0. The lowest BCUT2D eigenvalue weighted by Crippen LogP contribution is -2.33. The van der Waals surface area contributed by atoms with Crippen LogP contribution in [0.5, 0.6) is 0 Å². The van der Waals surface area contributed by atoms with Gasteiger partial charge in [-0.3, -0.25) is 4.79 Å². The van der Waals surface area contributed by atoms with Crippen molar-refractivity contribution in [1.29, 1.82) is 0 Å². The number of carbonyl (C=O) groups is 1. The molecule has 0 fully saturated rings. The highest BCUT2D eigenvalue weighted by atomic mass is 32.2. The second-order valence-electron chi connectivity index (χ2n) is 4.55. The number of thioether (sulfide) groups is 1. The molecule has 0 aliphatic carbocycles. The zero-order chi connectivity index (χ0) is 16.7. The summed E-state index contributed by atoms with van der Waals surface area (Å²) >= 11 is 2.63. The predicted molar refractivity (Wildman–Crippen MR) is 89.8 cm³/mol. The van der Waals surface area contributed by atoms with Crippen LogP contribution >= 0.6 is 23.1 Å². The minimum absolute atomic E-state index is 0.0816. The number of ether oxygens (including phenoxy) is 1. The van der Waals surface area contributed by atoms with Crippen LogP contribution in [0.3, 0.4) is 0 Å². The number of benzene rings is 1. The van der Waals surface area contributed by atoms with Gasteiger partial charge in [0.25, 0.3) is 0 Å². The van der Waals surface area contributed by atoms with E-state index in [1.165, 1.54) is 35.2 Å². The number of anilines is 2. The molecule has 1 heterocycles. The molecule has 9 heteroatoms. The maximum absolute atomic E-state index is 13.1. The fourth-order valence-electron chi connectivity index (χ4n) is 1.62. The van der Waals surface area contributed by atoms with Gasteiger partial charge in [0, 0.05) is 19.3 Å². The average Bonchev–Trinajstić information content (AvgIpc) is 2.94. The van der Waals surface area contributed by atoms with Gasteiger partial charge in [0.15, 0.2) is 4.34 Å². The quantitative estimate of drug-likeness (QED) is 0.559. The van der Waals surface area contributed by atoms with Gasteiger partial charge < -0.3 is 15.4 Å². The molecule has 2 aromatic rings. The lowest BCUT2D eigenvalue weighted by atomic mass is 10.3. The molecular weight excluding hydrogens is 339 g/mol. The molecular formula is C14H17FN4O2S2. The van der Waals surface area contributed by atoms with Crippen LogP contribution in [-0.2, 0) is 9.53 Å². The minimum Gasteiger partial charge on any atom is -0.383 e. The van der Waals surface area contributed by atoms with Crippen molar-refractivity contribution in [3.8, 4) is 0 Å². The second-order valence-corrected chi connectivity index (χ2v) is 7.12. The zero-order valence-corrected chi connectivity index (χ0v) is 14.3. The van der Waals surface area contributed by atoms with E-state index in [9.17, 15) is 9.18 Å². The molecule has 1 aromatic heterocycles. The van der Waals surface area contributed by atoms with Gasteiger partial charge in [-0.15, -0.1) is 10.2 Å². The number of amides is 1. The molecule has 0 aliphatic rings. The first kappa shape index (κ1) is 17.6. The molecule has 0 aliphatic heterocycles. The maximum atomic E-state index is 13.1.